The van der Waals surface area contributed by atoms with E-state index < -0.39 is 0 Å². The summed E-state index contributed by atoms with van der Waals surface area (Å²) < 4.78 is 15.9. The maximum absolute atomic E-state index is 7.01. The van der Waals surface area contributed by atoms with Crippen LogP contribution in [0.25, 0.3) is 66.5 Å². The number of nitrogens with zero attached hydrogens (tertiary/aromatic N) is 3. The molecule has 0 bridgehead atoms. The molecule has 0 saturated heterocycles. The molecule has 2 unspecified atom stereocenters. The first-order valence-corrected chi connectivity index (χ1v) is 17.5. The van der Waals surface area contributed by atoms with Crippen LogP contribution in [0.15, 0.2) is 153 Å². The molecule has 0 spiro atoms. The average Bonchev–Trinajstić information content (AvgIpc) is 3.88. The molecule has 3 aliphatic rings. The van der Waals surface area contributed by atoms with E-state index in [-0.39, 0.29) is 5.54 Å². The molecule has 8 aromatic rings. The first-order valence-electron chi connectivity index (χ1n) is 17.5. The number of amidine groups is 1. The number of furan rings is 2. The highest BCUT2D eigenvalue weighted by Crippen LogP contribution is 2.49. The lowest BCUT2D eigenvalue weighted by Gasteiger charge is -2.39. The van der Waals surface area contributed by atoms with Gasteiger partial charge < -0.3 is 18.3 Å². The summed E-state index contributed by atoms with van der Waals surface area (Å²) >= 11 is 0. The quantitative estimate of drug-likeness (QED) is 0.192. The SMILES string of the molecule is CC1C=CC(C2=NC3=Cc4oc5c(ccc6c7ccccc7n(-c7cccc8c7oc7ccccc78)c65)c4CC3(C)N2c2ccccc2)=CC1. The molecule has 3 aromatic heterocycles. The minimum atomic E-state index is -0.389. The lowest BCUT2D eigenvalue weighted by molar-refractivity contribution is 0.529. The van der Waals surface area contributed by atoms with Crippen molar-refractivity contribution in [1.82, 2.24) is 4.57 Å². The second-order valence-electron chi connectivity index (χ2n) is 14.2. The van der Waals surface area contributed by atoms with Crippen LogP contribution in [0.2, 0.25) is 0 Å². The number of anilines is 1. The molecule has 2 aliphatic carbocycles. The standard InChI is InChI=1S/C45H33N3O2/c1-27-19-21-28(22-20-27)44-46-40-25-39-35(26-45(40,2)48(44)29-11-4-3-5-12-29)34-24-23-32-30-13-6-8-16-36(30)47(41(32)43(34)50-39)37-17-10-15-33-31-14-7-9-18-38(31)49-42(33)37/h3-19,21-25,27H,20,26H2,1-2H3. The molecular formula is C45H33N3O2. The molecule has 240 valence electrons. The molecule has 0 N–H and O–H groups in total. The van der Waals surface area contributed by atoms with Crippen LogP contribution >= 0.6 is 0 Å². The normalized spacial score (nSPS) is 20.2. The van der Waals surface area contributed by atoms with Gasteiger partial charge in [0.05, 0.1) is 28.0 Å². The zero-order valence-electron chi connectivity index (χ0n) is 27.9. The van der Waals surface area contributed by atoms with Crippen molar-refractivity contribution in [2.45, 2.75) is 32.2 Å². The van der Waals surface area contributed by atoms with Gasteiger partial charge in [-0.2, -0.15) is 0 Å². The van der Waals surface area contributed by atoms with Gasteiger partial charge in [-0.1, -0.05) is 104 Å². The van der Waals surface area contributed by atoms with E-state index in [1.807, 2.05) is 12.1 Å². The number of hydrogen-bond acceptors (Lipinski definition) is 4. The van der Waals surface area contributed by atoms with Gasteiger partial charge in [-0.15, -0.1) is 0 Å². The molecule has 5 aromatic carbocycles. The van der Waals surface area contributed by atoms with E-state index in [0.717, 1.165) is 90.8 Å². The van der Waals surface area contributed by atoms with E-state index in [4.69, 9.17) is 13.8 Å². The summed E-state index contributed by atoms with van der Waals surface area (Å²) in [5.74, 6) is 2.42. The highest BCUT2D eigenvalue weighted by Gasteiger charge is 2.48. The van der Waals surface area contributed by atoms with Crippen LogP contribution in [0.1, 0.15) is 31.6 Å². The number of rotatable bonds is 3. The van der Waals surface area contributed by atoms with Crippen molar-refractivity contribution < 1.29 is 8.83 Å². The van der Waals surface area contributed by atoms with Gasteiger partial charge in [0.2, 0.25) is 0 Å². The third-order valence-corrected chi connectivity index (χ3v) is 11.1. The lowest BCUT2D eigenvalue weighted by Crippen LogP contribution is -2.49. The molecule has 0 amide bonds. The Morgan fingerprint density at radius 3 is 2.38 bits per heavy atom. The third-order valence-electron chi connectivity index (χ3n) is 11.1. The monoisotopic (exact) mass is 647 g/mol. The Bertz CT molecular complexity index is 2860. The summed E-state index contributed by atoms with van der Waals surface area (Å²) in [5.41, 5.74) is 9.99. The van der Waals surface area contributed by atoms with Crippen molar-refractivity contribution >= 4 is 72.3 Å². The Balaban J connectivity index is 1.17. The van der Waals surface area contributed by atoms with Crippen molar-refractivity contribution in [2.75, 3.05) is 4.90 Å². The predicted molar refractivity (Wildman–Crippen MR) is 205 cm³/mol. The number of aliphatic imine (C=N–C) groups is 1. The molecule has 0 saturated carbocycles. The molecule has 5 heteroatoms. The first kappa shape index (κ1) is 27.8. The Morgan fingerprint density at radius 1 is 0.740 bits per heavy atom. The number of hydrogen-bond donors (Lipinski definition) is 0. The molecule has 5 nitrogen and oxygen atoms in total. The molecule has 11 rings (SSSR count). The highest BCUT2D eigenvalue weighted by molar-refractivity contribution is 6.20. The second-order valence-corrected chi connectivity index (χ2v) is 14.2. The Labute approximate surface area is 288 Å². The fourth-order valence-corrected chi connectivity index (χ4v) is 8.66. The van der Waals surface area contributed by atoms with Crippen molar-refractivity contribution in [3.8, 4) is 5.69 Å². The Hall–Kier alpha value is -6.07. The Morgan fingerprint density at radius 2 is 1.52 bits per heavy atom. The summed E-state index contributed by atoms with van der Waals surface area (Å²) in [6.45, 7) is 4.59. The smallest absolute Gasteiger partial charge is 0.159 e. The molecule has 1 aliphatic heterocycles. The van der Waals surface area contributed by atoms with Crippen LogP contribution in [-0.2, 0) is 6.42 Å². The Kier molecular flexibility index (Phi) is 5.56. The van der Waals surface area contributed by atoms with Crippen molar-refractivity contribution in [3.63, 3.8) is 0 Å². The van der Waals surface area contributed by atoms with Crippen molar-refractivity contribution in [3.05, 3.63) is 150 Å². The van der Waals surface area contributed by atoms with Gasteiger partial charge in [0.15, 0.2) is 11.2 Å². The molecule has 4 heterocycles. The van der Waals surface area contributed by atoms with Crippen LogP contribution in [0.5, 0.6) is 0 Å². The van der Waals surface area contributed by atoms with E-state index in [2.05, 4.69) is 145 Å². The number of benzene rings is 5. The molecular weight excluding hydrogens is 615 g/mol. The highest BCUT2D eigenvalue weighted by atomic mass is 16.3. The van der Waals surface area contributed by atoms with Gasteiger partial charge in [-0.3, -0.25) is 0 Å². The number of aromatic nitrogens is 1. The lowest BCUT2D eigenvalue weighted by atomic mass is 9.82. The van der Waals surface area contributed by atoms with Crippen molar-refractivity contribution in [1.29, 1.82) is 0 Å². The molecule has 0 fully saturated rings. The van der Waals surface area contributed by atoms with E-state index in [1.165, 1.54) is 16.5 Å². The maximum atomic E-state index is 7.01. The maximum Gasteiger partial charge on any atom is 0.159 e. The summed E-state index contributed by atoms with van der Waals surface area (Å²) in [7, 11) is 0. The number of para-hydroxylation sites is 4. The van der Waals surface area contributed by atoms with Crippen LogP contribution in [0.4, 0.5) is 5.69 Å². The van der Waals surface area contributed by atoms with Gasteiger partial charge in [0.1, 0.15) is 17.2 Å². The number of fused-ring (bicyclic) bond motifs is 11. The summed E-state index contributed by atoms with van der Waals surface area (Å²) in [6, 6.07) is 38.6. The van der Waals surface area contributed by atoms with Crippen LogP contribution < -0.4 is 4.90 Å². The van der Waals surface area contributed by atoms with Gasteiger partial charge in [-0.25, -0.2) is 4.99 Å². The minimum absolute atomic E-state index is 0.389. The van der Waals surface area contributed by atoms with E-state index >= 15 is 0 Å². The number of allylic oxidation sites excluding steroid dienone is 2. The van der Waals surface area contributed by atoms with Gasteiger partial charge >= 0.3 is 0 Å². The summed E-state index contributed by atoms with van der Waals surface area (Å²) in [5, 5.41) is 5.70. The van der Waals surface area contributed by atoms with E-state index in [1.54, 1.807) is 0 Å². The summed E-state index contributed by atoms with van der Waals surface area (Å²) in [6.07, 6.45) is 10.9. The van der Waals surface area contributed by atoms with Gasteiger partial charge in [0, 0.05) is 56.3 Å². The largest absolute Gasteiger partial charge is 0.454 e. The average molecular weight is 648 g/mol. The van der Waals surface area contributed by atoms with Crippen LogP contribution in [0, 0.1) is 5.92 Å². The third kappa shape index (κ3) is 3.69. The van der Waals surface area contributed by atoms with Gasteiger partial charge in [0.25, 0.3) is 0 Å². The minimum Gasteiger partial charge on any atom is -0.454 e. The first-order chi connectivity index (χ1) is 24.6. The van der Waals surface area contributed by atoms with Crippen molar-refractivity contribution in [2.24, 2.45) is 10.9 Å². The fourth-order valence-electron chi connectivity index (χ4n) is 8.66. The van der Waals surface area contributed by atoms with E-state index in [0.29, 0.717) is 5.92 Å². The second kappa shape index (κ2) is 9.99. The molecule has 2 atom stereocenters. The zero-order valence-corrected chi connectivity index (χ0v) is 27.9. The molecule has 50 heavy (non-hydrogen) atoms. The van der Waals surface area contributed by atoms with Crippen LogP contribution in [0.3, 0.4) is 0 Å². The predicted octanol–water partition coefficient (Wildman–Crippen LogP) is 11.5. The summed E-state index contributed by atoms with van der Waals surface area (Å²) in [4.78, 5) is 7.83. The van der Waals surface area contributed by atoms with E-state index in [9.17, 15) is 0 Å². The van der Waals surface area contributed by atoms with Gasteiger partial charge in [-0.05, 0) is 49.6 Å². The molecule has 0 radical (unpaired) electrons. The fraction of sp³-hybridized carbons (Fsp3) is 0.133. The van der Waals surface area contributed by atoms with Crippen LogP contribution in [-0.4, -0.2) is 15.9 Å². The zero-order chi connectivity index (χ0) is 33.1. The topological polar surface area (TPSA) is 46.8 Å².